The number of hydrogen-bond acceptors (Lipinski definition) is 7. The van der Waals surface area contributed by atoms with Crippen LogP contribution >= 0.6 is 0 Å². The van der Waals surface area contributed by atoms with E-state index in [9.17, 15) is 28.0 Å². The fourth-order valence-corrected chi connectivity index (χ4v) is 2.42. The van der Waals surface area contributed by atoms with Gasteiger partial charge in [0.1, 0.15) is 23.2 Å². The molecule has 9 heteroatoms. The number of Topliss-reactive ketones (excluding diaryl/α,β-unsaturated/α-hetero) is 3. The van der Waals surface area contributed by atoms with Crippen LogP contribution in [0.4, 0.5) is 8.78 Å². The molecule has 134 valence electrons. The lowest BCUT2D eigenvalue weighted by Gasteiger charge is -2.29. The molecular weight excluding hydrogens is 342 g/mol. The van der Waals surface area contributed by atoms with Gasteiger partial charge < -0.3 is 14.2 Å². The molecule has 0 saturated heterocycles. The number of benzene rings is 1. The van der Waals surface area contributed by atoms with Crippen LogP contribution in [0, 0.1) is 5.92 Å². The highest BCUT2D eigenvalue weighted by Gasteiger charge is 2.39. The third-order valence-corrected chi connectivity index (χ3v) is 3.71. The van der Waals surface area contributed by atoms with Crippen molar-refractivity contribution in [2.45, 2.75) is 26.1 Å². The van der Waals surface area contributed by atoms with Crippen molar-refractivity contribution in [3.63, 3.8) is 0 Å². The van der Waals surface area contributed by atoms with E-state index in [0.717, 1.165) is 7.11 Å². The number of hydrogen-bond donors (Lipinski definition) is 0. The quantitative estimate of drug-likeness (QED) is 0.434. The van der Waals surface area contributed by atoms with Crippen LogP contribution in [-0.4, -0.2) is 43.1 Å². The lowest BCUT2D eigenvalue weighted by molar-refractivity contribution is -0.156. The smallest absolute Gasteiger partial charge is 0.387 e. The van der Waals surface area contributed by atoms with Crippen LogP contribution in [0.25, 0.3) is 0 Å². The van der Waals surface area contributed by atoms with Crippen LogP contribution in [-0.2, 0) is 19.1 Å². The van der Waals surface area contributed by atoms with Crippen molar-refractivity contribution in [2.75, 3.05) is 7.11 Å². The molecule has 25 heavy (non-hydrogen) atoms. The Morgan fingerprint density at radius 3 is 2.56 bits per heavy atom. The van der Waals surface area contributed by atoms with Gasteiger partial charge in [0.25, 0.3) is 0 Å². The number of ketones is 3. The van der Waals surface area contributed by atoms with E-state index in [1.165, 1.54) is 25.1 Å². The van der Waals surface area contributed by atoms with E-state index in [0.29, 0.717) is 0 Å². The fourth-order valence-electron chi connectivity index (χ4n) is 2.42. The third kappa shape index (κ3) is 3.81. The highest BCUT2D eigenvalue weighted by Crippen LogP contribution is 2.37. The van der Waals surface area contributed by atoms with Crippen LogP contribution in [0.1, 0.15) is 23.7 Å². The first-order valence-corrected chi connectivity index (χ1v) is 7.20. The molecule has 0 spiro atoms. The van der Waals surface area contributed by atoms with Gasteiger partial charge in [0, 0.05) is 6.42 Å². The molecule has 2 rings (SSSR count). The molecule has 0 radical (unpaired) electrons. The molecule has 0 aliphatic carbocycles. The van der Waals surface area contributed by atoms with Gasteiger partial charge in [-0.25, -0.2) is 4.79 Å². The van der Waals surface area contributed by atoms with Crippen molar-refractivity contribution in [1.82, 2.24) is 0 Å². The minimum Gasteiger partial charge on any atom is -0.488 e. The second kappa shape index (κ2) is 7.37. The third-order valence-electron chi connectivity index (χ3n) is 3.71. The molecule has 0 aromatic heterocycles. The Labute approximate surface area is 140 Å². The number of methoxy groups -OCH3 is 1. The summed E-state index contributed by atoms with van der Waals surface area (Å²) in [6.45, 7) is -1.79. The Kier molecular flexibility index (Phi) is 5.45. The van der Waals surface area contributed by atoms with Crippen molar-refractivity contribution in [3.8, 4) is 11.5 Å². The molecule has 7 nitrogen and oxygen atoms in total. The number of carbonyl (C=O) groups is 4. The molecule has 0 amide bonds. The molecule has 0 bridgehead atoms. The van der Waals surface area contributed by atoms with E-state index in [1.807, 2.05) is 0 Å². The summed E-state index contributed by atoms with van der Waals surface area (Å²) in [7, 11) is 0.958. The maximum Gasteiger partial charge on any atom is 0.387 e. The van der Waals surface area contributed by atoms with Crippen LogP contribution in [0.2, 0.25) is 0 Å². The summed E-state index contributed by atoms with van der Waals surface area (Å²) in [4.78, 5) is 47.1. The second-order valence-corrected chi connectivity index (χ2v) is 5.27. The standard InChI is InChI=1S/C16H14F2O7/c1-7(13(20)14(21)15(22)23-2)11-6-8(19)12-9(24-11)4-3-5-10(12)25-16(17)18/h3-5,7,11,16H,6H2,1-2H3/t7-,11+/m1/s1. The molecular formula is C16H14F2O7. The van der Waals surface area contributed by atoms with Crippen molar-refractivity contribution in [2.24, 2.45) is 5.92 Å². The molecule has 1 aliphatic rings. The van der Waals surface area contributed by atoms with E-state index in [2.05, 4.69) is 9.47 Å². The molecule has 2 atom stereocenters. The number of carbonyl (C=O) groups excluding carboxylic acids is 4. The van der Waals surface area contributed by atoms with E-state index < -0.39 is 42.0 Å². The topological polar surface area (TPSA) is 96.0 Å². The number of ether oxygens (including phenoxy) is 3. The van der Waals surface area contributed by atoms with Gasteiger partial charge in [-0.3, -0.25) is 14.4 Å². The molecule has 1 aromatic carbocycles. The zero-order valence-electron chi connectivity index (χ0n) is 13.3. The Morgan fingerprint density at radius 2 is 1.96 bits per heavy atom. The van der Waals surface area contributed by atoms with Gasteiger partial charge in [0.05, 0.1) is 13.0 Å². The SMILES string of the molecule is COC(=O)C(=O)C(=O)[C@H](C)[C@@H]1CC(=O)c2c(OC(F)F)cccc2O1. The first kappa shape index (κ1) is 18.5. The van der Waals surface area contributed by atoms with Gasteiger partial charge in [0.15, 0.2) is 5.78 Å². The van der Waals surface area contributed by atoms with E-state index in [4.69, 9.17) is 4.74 Å². The van der Waals surface area contributed by atoms with Crippen LogP contribution < -0.4 is 9.47 Å². The molecule has 0 fully saturated rings. The van der Waals surface area contributed by atoms with Crippen LogP contribution in [0.15, 0.2) is 18.2 Å². The number of fused-ring (bicyclic) bond motifs is 1. The molecule has 0 N–H and O–H groups in total. The second-order valence-electron chi connectivity index (χ2n) is 5.27. The van der Waals surface area contributed by atoms with Crippen molar-refractivity contribution >= 4 is 23.3 Å². The van der Waals surface area contributed by atoms with Crippen molar-refractivity contribution in [3.05, 3.63) is 23.8 Å². The van der Waals surface area contributed by atoms with Gasteiger partial charge in [-0.2, -0.15) is 8.78 Å². The highest BCUT2D eigenvalue weighted by molar-refractivity contribution is 6.62. The summed E-state index contributed by atoms with van der Waals surface area (Å²) in [5, 5.41) is 0. The van der Waals surface area contributed by atoms with E-state index >= 15 is 0 Å². The average Bonchev–Trinajstić information content (AvgIpc) is 2.58. The summed E-state index contributed by atoms with van der Waals surface area (Å²) in [5.41, 5.74) is -0.155. The Morgan fingerprint density at radius 1 is 1.28 bits per heavy atom. The van der Waals surface area contributed by atoms with E-state index in [1.54, 1.807) is 0 Å². The van der Waals surface area contributed by atoms with Crippen molar-refractivity contribution < 1.29 is 42.2 Å². The molecule has 0 unspecified atom stereocenters. The predicted octanol–water partition coefficient (Wildman–Crippen LogP) is 1.57. The average molecular weight is 356 g/mol. The van der Waals surface area contributed by atoms with Crippen LogP contribution in [0.5, 0.6) is 11.5 Å². The molecule has 1 aromatic rings. The molecule has 1 aliphatic heterocycles. The summed E-state index contributed by atoms with van der Waals surface area (Å²) in [6, 6.07) is 3.90. The Balaban J connectivity index is 2.24. The summed E-state index contributed by atoms with van der Waals surface area (Å²) < 4.78 is 38.8. The predicted molar refractivity (Wildman–Crippen MR) is 77.6 cm³/mol. The summed E-state index contributed by atoms with van der Waals surface area (Å²) >= 11 is 0. The zero-order chi connectivity index (χ0) is 18.7. The summed E-state index contributed by atoms with van der Waals surface area (Å²) in [6.07, 6.45) is -1.36. The Hall–Kier alpha value is -2.84. The first-order chi connectivity index (χ1) is 11.8. The molecule has 0 saturated carbocycles. The van der Waals surface area contributed by atoms with Crippen molar-refractivity contribution in [1.29, 1.82) is 0 Å². The number of halogens is 2. The summed E-state index contributed by atoms with van der Waals surface area (Å²) in [5.74, 6) is -5.78. The highest BCUT2D eigenvalue weighted by atomic mass is 19.3. The zero-order valence-corrected chi connectivity index (χ0v) is 13.3. The van der Waals surface area contributed by atoms with Gasteiger partial charge in [-0.15, -0.1) is 0 Å². The number of alkyl halides is 2. The fraction of sp³-hybridized carbons (Fsp3) is 0.375. The van der Waals surface area contributed by atoms with Gasteiger partial charge in [-0.1, -0.05) is 13.0 Å². The van der Waals surface area contributed by atoms with Gasteiger partial charge in [0.2, 0.25) is 5.78 Å². The lowest BCUT2D eigenvalue weighted by Crippen LogP contribution is -2.41. The minimum atomic E-state index is -3.12. The van der Waals surface area contributed by atoms with Gasteiger partial charge >= 0.3 is 18.4 Å². The van der Waals surface area contributed by atoms with Crippen LogP contribution in [0.3, 0.4) is 0 Å². The largest absolute Gasteiger partial charge is 0.488 e. The van der Waals surface area contributed by atoms with E-state index in [-0.39, 0.29) is 23.5 Å². The lowest BCUT2D eigenvalue weighted by atomic mass is 9.89. The first-order valence-electron chi connectivity index (χ1n) is 7.20. The molecule has 1 heterocycles. The maximum atomic E-state index is 12.4. The normalized spacial score (nSPS) is 17.3. The minimum absolute atomic E-state index is 0.0374. The maximum absolute atomic E-state index is 12.4. The van der Waals surface area contributed by atoms with Gasteiger partial charge in [-0.05, 0) is 12.1 Å². The number of rotatable bonds is 6. The number of esters is 1. The monoisotopic (exact) mass is 356 g/mol. The Bertz CT molecular complexity index is 729.